The Kier molecular flexibility index (Phi) is 6.68. The van der Waals surface area contributed by atoms with Crippen LogP contribution in [0.5, 0.6) is 0 Å². The molecule has 0 unspecified atom stereocenters. The minimum Gasteiger partial charge on any atom is -0.313 e. The van der Waals surface area contributed by atoms with Crippen LogP contribution in [-0.2, 0) is 6.54 Å². The zero-order valence-electron chi connectivity index (χ0n) is 11.5. The van der Waals surface area contributed by atoms with E-state index in [0.717, 1.165) is 19.0 Å². The Bertz CT molecular complexity index is 334. The van der Waals surface area contributed by atoms with Gasteiger partial charge in [-0.1, -0.05) is 32.9 Å². The predicted molar refractivity (Wildman–Crippen MR) is 78.7 cm³/mol. The van der Waals surface area contributed by atoms with Gasteiger partial charge in [0, 0.05) is 17.2 Å². The third kappa shape index (κ3) is 5.60. The van der Waals surface area contributed by atoms with E-state index in [0.29, 0.717) is 0 Å². The van der Waals surface area contributed by atoms with Crippen LogP contribution >= 0.6 is 11.8 Å². The second-order valence-electron chi connectivity index (χ2n) is 4.98. The van der Waals surface area contributed by atoms with E-state index in [9.17, 15) is 0 Å². The molecule has 0 aromatic heterocycles. The smallest absolute Gasteiger partial charge is 0.0205 e. The van der Waals surface area contributed by atoms with E-state index in [-0.39, 0.29) is 0 Å². The fourth-order valence-electron chi connectivity index (χ4n) is 1.65. The zero-order valence-corrected chi connectivity index (χ0v) is 12.4. The molecule has 1 N–H and O–H groups in total. The van der Waals surface area contributed by atoms with Crippen LogP contribution in [0.15, 0.2) is 23.1 Å². The summed E-state index contributed by atoms with van der Waals surface area (Å²) in [5, 5.41) is 3.44. The first-order valence-electron chi connectivity index (χ1n) is 6.56. The minimum atomic E-state index is 0.755. The number of hydrogen-bond donors (Lipinski definition) is 1. The number of aryl methyl sites for hydroxylation is 1. The zero-order chi connectivity index (χ0) is 12.7. The second kappa shape index (κ2) is 7.78. The van der Waals surface area contributed by atoms with Crippen LogP contribution in [0.2, 0.25) is 0 Å². The van der Waals surface area contributed by atoms with Gasteiger partial charge in [0.25, 0.3) is 0 Å². The van der Waals surface area contributed by atoms with Gasteiger partial charge in [0.05, 0.1) is 0 Å². The summed E-state index contributed by atoms with van der Waals surface area (Å²) in [7, 11) is 0. The highest BCUT2D eigenvalue weighted by Crippen LogP contribution is 2.25. The number of rotatable bonds is 7. The molecular formula is C15H25NS. The minimum absolute atomic E-state index is 0.755. The number of hydrogen-bond acceptors (Lipinski definition) is 2. The molecule has 1 nitrogen and oxygen atoms in total. The fourth-order valence-corrected chi connectivity index (χ4v) is 2.61. The maximum Gasteiger partial charge on any atom is 0.0205 e. The topological polar surface area (TPSA) is 12.0 Å². The summed E-state index contributed by atoms with van der Waals surface area (Å²) in [4.78, 5) is 1.43. The molecule has 1 aromatic rings. The van der Waals surface area contributed by atoms with Crippen LogP contribution in [-0.4, -0.2) is 12.3 Å². The van der Waals surface area contributed by atoms with Gasteiger partial charge < -0.3 is 5.32 Å². The first kappa shape index (κ1) is 14.6. The van der Waals surface area contributed by atoms with Crippen molar-refractivity contribution in [2.45, 2.75) is 45.6 Å². The molecule has 0 saturated carbocycles. The highest BCUT2D eigenvalue weighted by atomic mass is 32.2. The van der Waals surface area contributed by atoms with Gasteiger partial charge in [-0.3, -0.25) is 0 Å². The van der Waals surface area contributed by atoms with Crippen LogP contribution < -0.4 is 5.32 Å². The van der Waals surface area contributed by atoms with Crippen LogP contribution in [0.4, 0.5) is 0 Å². The molecule has 0 amide bonds. The van der Waals surface area contributed by atoms with Crippen molar-refractivity contribution >= 4 is 11.8 Å². The summed E-state index contributed by atoms with van der Waals surface area (Å²) in [5.74, 6) is 1.96. The first-order chi connectivity index (χ1) is 8.13. The van der Waals surface area contributed by atoms with E-state index in [1.54, 1.807) is 0 Å². The SMILES string of the molecule is CCCNCc1ccc(SCC(C)C)c(C)c1. The Morgan fingerprint density at radius 1 is 1.29 bits per heavy atom. The molecule has 0 atom stereocenters. The molecule has 0 fully saturated rings. The molecule has 0 aliphatic heterocycles. The maximum atomic E-state index is 3.44. The molecular weight excluding hydrogens is 226 g/mol. The summed E-state index contributed by atoms with van der Waals surface area (Å²) in [6.45, 7) is 11.0. The van der Waals surface area contributed by atoms with Crippen LogP contribution in [0.1, 0.15) is 38.3 Å². The lowest BCUT2D eigenvalue weighted by molar-refractivity contribution is 0.675. The average Bonchev–Trinajstić information content (AvgIpc) is 2.28. The van der Waals surface area contributed by atoms with Crippen LogP contribution in [0.25, 0.3) is 0 Å². The third-order valence-electron chi connectivity index (χ3n) is 2.57. The van der Waals surface area contributed by atoms with E-state index in [1.807, 2.05) is 11.8 Å². The van der Waals surface area contributed by atoms with Gasteiger partial charge in [0.1, 0.15) is 0 Å². The molecule has 2 heteroatoms. The van der Waals surface area contributed by atoms with Crippen LogP contribution in [0, 0.1) is 12.8 Å². The summed E-state index contributed by atoms with van der Waals surface area (Å²) < 4.78 is 0. The average molecular weight is 251 g/mol. The largest absolute Gasteiger partial charge is 0.313 e. The van der Waals surface area contributed by atoms with Gasteiger partial charge in [-0.2, -0.15) is 0 Å². The lowest BCUT2D eigenvalue weighted by Gasteiger charge is -2.10. The highest BCUT2D eigenvalue weighted by molar-refractivity contribution is 7.99. The lowest BCUT2D eigenvalue weighted by Crippen LogP contribution is -2.13. The van der Waals surface area contributed by atoms with E-state index in [2.05, 4.69) is 51.2 Å². The summed E-state index contributed by atoms with van der Waals surface area (Å²) in [6, 6.07) is 6.83. The number of thioether (sulfide) groups is 1. The quantitative estimate of drug-likeness (QED) is 0.574. The monoisotopic (exact) mass is 251 g/mol. The van der Waals surface area contributed by atoms with E-state index in [1.165, 1.54) is 28.2 Å². The number of nitrogens with one attached hydrogen (secondary N) is 1. The molecule has 0 spiro atoms. The normalized spacial score (nSPS) is 11.1. The standard InChI is InChI=1S/C15H25NS/c1-5-8-16-10-14-6-7-15(13(4)9-14)17-11-12(2)3/h6-7,9,12,16H,5,8,10-11H2,1-4H3. The van der Waals surface area contributed by atoms with E-state index < -0.39 is 0 Å². The Morgan fingerprint density at radius 2 is 2.06 bits per heavy atom. The van der Waals surface area contributed by atoms with Gasteiger partial charge >= 0.3 is 0 Å². The Balaban J connectivity index is 2.53. The summed E-state index contributed by atoms with van der Waals surface area (Å²) >= 11 is 1.97. The first-order valence-corrected chi connectivity index (χ1v) is 7.55. The van der Waals surface area contributed by atoms with Crippen molar-refractivity contribution in [1.82, 2.24) is 5.32 Å². The maximum absolute atomic E-state index is 3.44. The summed E-state index contributed by atoms with van der Waals surface area (Å²) in [6.07, 6.45) is 1.20. The molecule has 0 aliphatic carbocycles. The molecule has 1 aromatic carbocycles. The number of benzene rings is 1. The van der Waals surface area contributed by atoms with Crippen molar-refractivity contribution in [3.8, 4) is 0 Å². The predicted octanol–water partition coefficient (Wildman–Crippen LogP) is 4.24. The second-order valence-corrected chi connectivity index (χ2v) is 6.04. The van der Waals surface area contributed by atoms with Crippen molar-refractivity contribution < 1.29 is 0 Å². The molecule has 1 rings (SSSR count). The molecule has 96 valence electrons. The Labute approximate surface area is 110 Å². The van der Waals surface area contributed by atoms with E-state index in [4.69, 9.17) is 0 Å². The van der Waals surface area contributed by atoms with Gasteiger partial charge in [0.2, 0.25) is 0 Å². The summed E-state index contributed by atoms with van der Waals surface area (Å²) in [5.41, 5.74) is 2.80. The molecule has 0 saturated heterocycles. The highest BCUT2D eigenvalue weighted by Gasteiger charge is 2.02. The van der Waals surface area contributed by atoms with Crippen LogP contribution in [0.3, 0.4) is 0 Å². The molecule has 0 aliphatic rings. The molecule has 0 heterocycles. The van der Waals surface area contributed by atoms with Crippen molar-refractivity contribution in [3.05, 3.63) is 29.3 Å². The van der Waals surface area contributed by atoms with Crippen molar-refractivity contribution in [1.29, 1.82) is 0 Å². The van der Waals surface area contributed by atoms with E-state index >= 15 is 0 Å². The van der Waals surface area contributed by atoms with Gasteiger partial charge in [0.15, 0.2) is 0 Å². The van der Waals surface area contributed by atoms with Gasteiger partial charge in [-0.15, -0.1) is 11.8 Å². The van der Waals surface area contributed by atoms with Crippen molar-refractivity contribution in [2.24, 2.45) is 5.92 Å². The van der Waals surface area contributed by atoms with Crippen molar-refractivity contribution in [3.63, 3.8) is 0 Å². The molecule has 17 heavy (non-hydrogen) atoms. The van der Waals surface area contributed by atoms with Gasteiger partial charge in [-0.05, 0) is 43.0 Å². The Morgan fingerprint density at radius 3 is 2.65 bits per heavy atom. The third-order valence-corrected chi connectivity index (χ3v) is 4.17. The van der Waals surface area contributed by atoms with Gasteiger partial charge in [-0.25, -0.2) is 0 Å². The van der Waals surface area contributed by atoms with Crippen molar-refractivity contribution in [2.75, 3.05) is 12.3 Å². The molecule has 0 bridgehead atoms. The Hall–Kier alpha value is -0.470. The fraction of sp³-hybridized carbons (Fsp3) is 0.600. The lowest BCUT2D eigenvalue weighted by atomic mass is 10.1. The molecule has 0 radical (unpaired) electrons.